The molecular weight excluding hydrogens is 318 g/mol. The van der Waals surface area contributed by atoms with Crippen LogP contribution in [0.4, 0.5) is 0 Å². The van der Waals surface area contributed by atoms with Gasteiger partial charge in [-0.2, -0.15) is 0 Å². The predicted octanol–water partition coefficient (Wildman–Crippen LogP) is 1.13. The number of carbonyl (C=O) groups excluding carboxylic acids is 1. The molecule has 124 valence electrons. The standard InChI is InChI=1S/C17H19NO4.ClH/c1-21-11-3-2-9-8-12-17(20)5-4-10(19)15-16(17,6-7-18-12)13(9)14(11)22-15;/h2-3,12,15,18,20H,4-8H2,1H3;1H/t12?,15?,16-,17+;/m0./s1. The fourth-order valence-corrected chi connectivity index (χ4v) is 5.37. The van der Waals surface area contributed by atoms with E-state index < -0.39 is 17.1 Å². The van der Waals surface area contributed by atoms with Crippen LogP contribution >= 0.6 is 12.4 Å². The highest BCUT2D eigenvalue weighted by molar-refractivity contribution is 5.90. The molecule has 1 saturated heterocycles. The third kappa shape index (κ3) is 1.49. The van der Waals surface area contributed by atoms with Gasteiger partial charge in [0.25, 0.3) is 0 Å². The van der Waals surface area contributed by atoms with Gasteiger partial charge in [-0.25, -0.2) is 0 Å². The fraction of sp³-hybridized carbons (Fsp3) is 0.588. The number of nitrogens with one attached hydrogen (secondary N) is 1. The summed E-state index contributed by atoms with van der Waals surface area (Å²) < 4.78 is 11.6. The molecule has 2 unspecified atom stereocenters. The second-order valence-corrected chi connectivity index (χ2v) is 6.95. The van der Waals surface area contributed by atoms with Crippen LogP contribution in [0.5, 0.6) is 11.5 Å². The number of hydrogen-bond donors (Lipinski definition) is 2. The number of rotatable bonds is 1. The first-order valence-corrected chi connectivity index (χ1v) is 7.97. The zero-order valence-electron chi connectivity index (χ0n) is 12.9. The molecule has 2 bridgehead atoms. The molecular formula is C17H20ClNO4. The van der Waals surface area contributed by atoms with Crippen LogP contribution in [0.3, 0.4) is 0 Å². The summed E-state index contributed by atoms with van der Waals surface area (Å²) in [7, 11) is 1.61. The molecule has 0 radical (unpaired) electrons. The molecule has 0 aromatic heterocycles. The van der Waals surface area contributed by atoms with Crippen LogP contribution in [0.15, 0.2) is 12.1 Å². The van der Waals surface area contributed by atoms with Crippen molar-refractivity contribution in [2.45, 2.75) is 48.8 Å². The van der Waals surface area contributed by atoms with E-state index in [9.17, 15) is 9.90 Å². The highest BCUT2D eigenvalue weighted by atomic mass is 35.5. The van der Waals surface area contributed by atoms with E-state index in [4.69, 9.17) is 9.47 Å². The third-order valence-electron chi connectivity index (χ3n) is 6.29. The van der Waals surface area contributed by atoms with E-state index in [1.54, 1.807) is 7.11 Å². The summed E-state index contributed by atoms with van der Waals surface area (Å²) in [4.78, 5) is 12.6. The Labute approximate surface area is 140 Å². The van der Waals surface area contributed by atoms with E-state index in [0.29, 0.717) is 24.3 Å². The third-order valence-corrected chi connectivity index (χ3v) is 6.29. The molecule has 5 nitrogen and oxygen atoms in total. The smallest absolute Gasteiger partial charge is 0.174 e. The minimum atomic E-state index is -0.908. The summed E-state index contributed by atoms with van der Waals surface area (Å²) >= 11 is 0. The van der Waals surface area contributed by atoms with Gasteiger partial charge in [0.15, 0.2) is 23.4 Å². The summed E-state index contributed by atoms with van der Waals surface area (Å²) in [6, 6.07) is 3.96. The van der Waals surface area contributed by atoms with Crippen molar-refractivity contribution in [3.05, 3.63) is 23.3 Å². The predicted molar refractivity (Wildman–Crippen MR) is 85.6 cm³/mol. The molecule has 0 amide bonds. The lowest BCUT2D eigenvalue weighted by Crippen LogP contribution is -2.76. The van der Waals surface area contributed by atoms with Crippen molar-refractivity contribution in [2.75, 3.05) is 13.7 Å². The zero-order valence-corrected chi connectivity index (χ0v) is 13.7. The van der Waals surface area contributed by atoms with E-state index >= 15 is 0 Å². The topological polar surface area (TPSA) is 67.8 Å². The highest BCUT2D eigenvalue weighted by Gasteiger charge is 2.71. The molecule has 2 aliphatic heterocycles. The normalized spacial score (nSPS) is 39.1. The summed E-state index contributed by atoms with van der Waals surface area (Å²) in [5, 5.41) is 15.0. The van der Waals surface area contributed by atoms with Gasteiger partial charge in [-0.15, -0.1) is 12.4 Å². The highest BCUT2D eigenvalue weighted by Crippen LogP contribution is 2.63. The zero-order chi connectivity index (χ0) is 15.1. The Morgan fingerprint density at radius 3 is 3.00 bits per heavy atom. The lowest BCUT2D eigenvalue weighted by atomic mass is 9.49. The number of halogens is 1. The first-order valence-electron chi connectivity index (χ1n) is 7.97. The van der Waals surface area contributed by atoms with E-state index in [1.807, 2.05) is 6.07 Å². The average Bonchev–Trinajstić information content (AvgIpc) is 2.85. The van der Waals surface area contributed by atoms with Gasteiger partial charge in [0, 0.05) is 18.0 Å². The molecule has 23 heavy (non-hydrogen) atoms. The van der Waals surface area contributed by atoms with Crippen molar-refractivity contribution in [3.63, 3.8) is 0 Å². The maximum atomic E-state index is 12.6. The van der Waals surface area contributed by atoms with Gasteiger partial charge < -0.3 is 19.9 Å². The van der Waals surface area contributed by atoms with Crippen molar-refractivity contribution in [1.29, 1.82) is 0 Å². The molecule has 2 heterocycles. The van der Waals surface area contributed by atoms with Crippen LogP contribution in [0, 0.1) is 0 Å². The minimum Gasteiger partial charge on any atom is -0.493 e. The van der Waals surface area contributed by atoms with Crippen LogP contribution in [0.2, 0.25) is 0 Å². The summed E-state index contributed by atoms with van der Waals surface area (Å²) in [5.74, 6) is 1.45. The Morgan fingerprint density at radius 1 is 1.39 bits per heavy atom. The largest absolute Gasteiger partial charge is 0.493 e. The van der Waals surface area contributed by atoms with Crippen molar-refractivity contribution < 1.29 is 19.4 Å². The Kier molecular flexibility index (Phi) is 3.06. The van der Waals surface area contributed by atoms with E-state index in [-0.39, 0.29) is 24.2 Å². The molecule has 1 aromatic carbocycles. The Hall–Kier alpha value is -1.30. The molecule has 5 rings (SSSR count). The summed E-state index contributed by atoms with van der Waals surface area (Å²) in [6.07, 6.45) is 1.83. The molecule has 4 aliphatic rings. The number of hydrogen-bond acceptors (Lipinski definition) is 5. The minimum absolute atomic E-state index is 0. The number of aliphatic hydroxyl groups is 1. The van der Waals surface area contributed by atoms with E-state index in [2.05, 4.69) is 11.4 Å². The quantitative estimate of drug-likeness (QED) is 0.804. The molecule has 2 fully saturated rings. The number of benzene rings is 1. The van der Waals surface area contributed by atoms with Crippen LogP contribution < -0.4 is 14.8 Å². The molecule has 6 heteroatoms. The van der Waals surface area contributed by atoms with Gasteiger partial charge in [-0.1, -0.05) is 6.07 Å². The lowest BCUT2D eigenvalue weighted by molar-refractivity contribution is -0.166. The Bertz CT molecular complexity index is 708. The molecule has 1 spiro atoms. The molecule has 4 atom stereocenters. The number of carbonyl (C=O) groups is 1. The second kappa shape index (κ2) is 4.62. The second-order valence-electron chi connectivity index (χ2n) is 6.95. The first-order chi connectivity index (χ1) is 10.6. The maximum absolute atomic E-state index is 12.6. The van der Waals surface area contributed by atoms with Crippen molar-refractivity contribution in [1.82, 2.24) is 5.32 Å². The summed E-state index contributed by atoms with van der Waals surface area (Å²) in [6.45, 7) is 0.802. The van der Waals surface area contributed by atoms with Gasteiger partial charge >= 0.3 is 0 Å². The van der Waals surface area contributed by atoms with Crippen LogP contribution in [0.25, 0.3) is 0 Å². The van der Waals surface area contributed by atoms with Crippen LogP contribution in [0.1, 0.15) is 30.4 Å². The Morgan fingerprint density at radius 2 is 2.22 bits per heavy atom. The number of piperidine rings is 1. The fourth-order valence-electron chi connectivity index (χ4n) is 5.37. The monoisotopic (exact) mass is 337 g/mol. The van der Waals surface area contributed by atoms with Crippen LogP contribution in [-0.4, -0.2) is 42.3 Å². The maximum Gasteiger partial charge on any atom is 0.174 e. The van der Waals surface area contributed by atoms with Crippen molar-refractivity contribution in [2.24, 2.45) is 0 Å². The number of methoxy groups -OCH3 is 1. The lowest BCUT2D eigenvalue weighted by Gasteiger charge is -2.59. The number of ether oxygens (including phenoxy) is 2. The van der Waals surface area contributed by atoms with E-state index in [1.165, 1.54) is 5.56 Å². The first kappa shape index (κ1) is 15.2. The Balaban J connectivity index is 0.00000135. The van der Waals surface area contributed by atoms with Crippen LogP contribution in [-0.2, 0) is 16.6 Å². The van der Waals surface area contributed by atoms with Crippen molar-refractivity contribution >= 4 is 18.2 Å². The number of ketones is 1. The number of Topliss-reactive ketones (excluding diaryl/α,β-unsaturated/α-hetero) is 1. The molecule has 1 aromatic rings. The van der Waals surface area contributed by atoms with Gasteiger partial charge in [-0.05, 0) is 37.4 Å². The van der Waals surface area contributed by atoms with Gasteiger partial charge in [0.2, 0.25) is 0 Å². The summed E-state index contributed by atoms with van der Waals surface area (Å²) in [5.41, 5.74) is 0.699. The molecule has 2 N–H and O–H groups in total. The average molecular weight is 338 g/mol. The van der Waals surface area contributed by atoms with Crippen molar-refractivity contribution in [3.8, 4) is 11.5 Å². The van der Waals surface area contributed by atoms with Gasteiger partial charge in [-0.3, -0.25) is 4.79 Å². The van der Waals surface area contributed by atoms with Gasteiger partial charge in [0.1, 0.15) is 0 Å². The van der Waals surface area contributed by atoms with E-state index in [0.717, 1.165) is 24.9 Å². The SMILES string of the molecule is COc1ccc2c3c1OC1C(=O)CC[C@@]4(O)C(C2)NCC[C@]314.Cl. The molecule has 2 aliphatic carbocycles. The molecule has 1 saturated carbocycles. The van der Waals surface area contributed by atoms with Gasteiger partial charge in [0.05, 0.1) is 18.1 Å².